The molecule has 5 heteroatoms. The maximum absolute atomic E-state index is 11.9. The monoisotopic (exact) mass is 264 g/mol. The van der Waals surface area contributed by atoms with Crippen LogP contribution < -0.4 is 4.74 Å². The molecule has 5 nitrogen and oxygen atoms in total. The quantitative estimate of drug-likeness (QED) is 0.637. The molecule has 1 aromatic rings. The first-order chi connectivity index (χ1) is 9.13. The number of aliphatic hydroxyl groups excluding tert-OH is 1. The summed E-state index contributed by atoms with van der Waals surface area (Å²) in [7, 11) is 1.30. The molecule has 1 aliphatic heterocycles. The van der Waals surface area contributed by atoms with E-state index in [0.717, 1.165) is 5.56 Å². The van der Waals surface area contributed by atoms with Crippen LogP contribution >= 0.6 is 0 Å². The summed E-state index contributed by atoms with van der Waals surface area (Å²) in [6, 6.07) is 5.18. The lowest BCUT2D eigenvalue weighted by Gasteiger charge is -2.05. The van der Waals surface area contributed by atoms with E-state index in [1.54, 1.807) is 18.2 Å². The zero-order valence-electron chi connectivity index (χ0n) is 10.7. The van der Waals surface area contributed by atoms with Crippen molar-refractivity contribution in [2.45, 2.75) is 25.4 Å². The topological polar surface area (TPSA) is 72.8 Å². The van der Waals surface area contributed by atoms with Crippen molar-refractivity contribution in [2.75, 3.05) is 13.7 Å². The van der Waals surface area contributed by atoms with Crippen LogP contribution in [0.3, 0.4) is 0 Å². The highest BCUT2D eigenvalue weighted by atomic mass is 16.5. The highest BCUT2D eigenvalue weighted by Crippen LogP contribution is 2.29. The van der Waals surface area contributed by atoms with Crippen LogP contribution in [0.1, 0.15) is 28.8 Å². The predicted octanol–water partition coefficient (Wildman–Crippen LogP) is 1.12. The molecule has 0 aliphatic carbocycles. The smallest absolute Gasteiger partial charge is 0.305 e. The lowest BCUT2D eigenvalue weighted by molar-refractivity contribution is -0.140. The van der Waals surface area contributed by atoms with Gasteiger partial charge in [0.1, 0.15) is 11.9 Å². The molecule has 1 atom stereocenters. The molecule has 0 amide bonds. The van der Waals surface area contributed by atoms with E-state index in [0.29, 0.717) is 17.7 Å². The Morgan fingerprint density at radius 2 is 2.21 bits per heavy atom. The second-order valence-electron chi connectivity index (χ2n) is 4.45. The Morgan fingerprint density at radius 3 is 2.89 bits per heavy atom. The standard InChI is InChI=1S/C14H16O5/c1-18-14(17)5-3-12(16)9-2-4-13-10(6-9)7-11(8-15)19-13/h2,4,6,11,15H,3,5,7-8H2,1H3. The fourth-order valence-corrected chi connectivity index (χ4v) is 2.06. The van der Waals surface area contributed by atoms with Crippen LogP contribution in [-0.2, 0) is 16.0 Å². The van der Waals surface area contributed by atoms with E-state index in [4.69, 9.17) is 9.84 Å². The molecular formula is C14H16O5. The molecule has 0 aromatic heterocycles. The lowest BCUT2D eigenvalue weighted by atomic mass is 10.0. The largest absolute Gasteiger partial charge is 0.487 e. The van der Waals surface area contributed by atoms with E-state index < -0.39 is 5.97 Å². The Bertz CT molecular complexity index is 495. The van der Waals surface area contributed by atoms with Gasteiger partial charge in [0, 0.05) is 18.4 Å². The number of ether oxygens (including phenoxy) is 2. The average Bonchev–Trinajstić information content (AvgIpc) is 2.86. The van der Waals surface area contributed by atoms with Gasteiger partial charge in [-0.25, -0.2) is 0 Å². The third-order valence-corrected chi connectivity index (χ3v) is 3.11. The van der Waals surface area contributed by atoms with Crippen molar-refractivity contribution in [3.8, 4) is 5.75 Å². The molecule has 1 heterocycles. The Balaban J connectivity index is 2.03. The molecule has 2 rings (SSSR count). The number of ketones is 1. The summed E-state index contributed by atoms with van der Waals surface area (Å²) in [5.41, 5.74) is 1.48. The first kappa shape index (κ1) is 13.5. The van der Waals surface area contributed by atoms with Gasteiger partial charge in [0.25, 0.3) is 0 Å². The first-order valence-corrected chi connectivity index (χ1v) is 6.14. The van der Waals surface area contributed by atoms with E-state index >= 15 is 0 Å². The Morgan fingerprint density at radius 1 is 1.42 bits per heavy atom. The van der Waals surface area contributed by atoms with Gasteiger partial charge in [-0.05, 0) is 23.8 Å². The first-order valence-electron chi connectivity index (χ1n) is 6.14. The number of carbonyl (C=O) groups is 2. The number of carbonyl (C=O) groups excluding carboxylic acids is 2. The minimum Gasteiger partial charge on any atom is -0.487 e. The van der Waals surface area contributed by atoms with Crippen LogP contribution in [0.5, 0.6) is 5.75 Å². The number of Topliss-reactive ketones (excluding diaryl/α,β-unsaturated/α-hetero) is 1. The molecule has 0 bridgehead atoms. The van der Waals surface area contributed by atoms with E-state index in [9.17, 15) is 9.59 Å². The maximum atomic E-state index is 11.9. The van der Waals surface area contributed by atoms with E-state index in [-0.39, 0.29) is 31.3 Å². The molecule has 1 aliphatic rings. The van der Waals surface area contributed by atoms with Crippen molar-refractivity contribution in [3.63, 3.8) is 0 Å². The van der Waals surface area contributed by atoms with Crippen LogP contribution in [0, 0.1) is 0 Å². The Hall–Kier alpha value is -1.88. The molecule has 102 valence electrons. The van der Waals surface area contributed by atoms with Crippen LogP contribution in [0.4, 0.5) is 0 Å². The van der Waals surface area contributed by atoms with Gasteiger partial charge in [0.15, 0.2) is 5.78 Å². The molecule has 0 spiro atoms. The number of hydrogen-bond acceptors (Lipinski definition) is 5. The third kappa shape index (κ3) is 3.12. The van der Waals surface area contributed by atoms with Crippen molar-refractivity contribution in [1.82, 2.24) is 0 Å². The normalized spacial score (nSPS) is 16.6. The molecular weight excluding hydrogens is 248 g/mol. The summed E-state index contributed by atoms with van der Waals surface area (Å²) in [5.74, 6) is 0.224. The highest BCUT2D eigenvalue weighted by Gasteiger charge is 2.23. The van der Waals surface area contributed by atoms with Crippen LogP contribution in [0.25, 0.3) is 0 Å². The Kier molecular flexibility index (Phi) is 4.16. The number of aliphatic hydroxyl groups is 1. The number of benzene rings is 1. The van der Waals surface area contributed by atoms with Crippen molar-refractivity contribution in [2.24, 2.45) is 0 Å². The number of methoxy groups -OCH3 is 1. The van der Waals surface area contributed by atoms with E-state index in [1.807, 2.05) is 0 Å². The number of fused-ring (bicyclic) bond motifs is 1. The second kappa shape index (κ2) is 5.84. The molecule has 0 fully saturated rings. The maximum Gasteiger partial charge on any atom is 0.305 e. The van der Waals surface area contributed by atoms with Gasteiger partial charge in [0.05, 0.1) is 20.1 Å². The SMILES string of the molecule is COC(=O)CCC(=O)c1ccc2c(c1)CC(CO)O2. The van der Waals surface area contributed by atoms with Crippen LogP contribution in [0.2, 0.25) is 0 Å². The molecule has 1 unspecified atom stereocenters. The Labute approximate surface area is 111 Å². The van der Waals surface area contributed by atoms with Gasteiger partial charge in [-0.15, -0.1) is 0 Å². The molecule has 0 radical (unpaired) electrons. The summed E-state index contributed by atoms with van der Waals surface area (Å²) >= 11 is 0. The van der Waals surface area contributed by atoms with Crippen molar-refractivity contribution < 1.29 is 24.2 Å². The molecule has 1 N–H and O–H groups in total. The average molecular weight is 264 g/mol. The van der Waals surface area contributed by atoms with Gasteiger partial charge < -0.3 is 14.6 Å². The van der Waals surface area contributed by atoms with Gasteiger partial charge in [-0.1, -0.05) is 0 Å². The predicted molar refractivity (Wildman–Crippen MR) is 67.2 cm³/mol. The summed E-state index contributed by atoms with van der Waals surface area (Å²) in [4.78, 5) is 22.9. The second-order valence-corrected chi connectivity index (χ2v) is 4.45. The fraction of sp³-hybridized carbons (Fsp3) is 0.429. The number of esters is 1. The van der Waals surface area contributed by atoms with Gasteiger partial charge in [-0.2, -0.15) is 0 Å². The molecule has 1 aromatic carbocycles. The number of hydrogen-bond donors (Lipinski definition) is 1. The summed E-state index contributed by atoms with van der Waals surface area (Å²) in [6.07, 6.45) is 0.595. The molecule has 0 saturated carbocycles. The van der Waals surface area contributed by atoms with Gasteiger partial charge >= 0.3 is 5.97 Å². The minimum absolute atomic E-state index is 0.0414. The van der Waals surface area contributed by atoms with Crippen LogP contribution in [0.15, 0.2) is 18.2 Å². The zero-order valence-corrected chi connectivity index (χ0v) is 10.7. The van der Waals surface area contributed by atoms with Crippen molar-refractivity contribution >= 4 is 11.8 Å². The highest BCUT2D eigenvalue weighted by molar-refractivity contribution is 5.97. The zero-order chi connectivity index (χ0) is 13.8. The molecule has 0 saturated heterocycles. The third-order valence-electron chi connectivity index (χ3n) is 3.11. The lowest BCUT2D eigenvalue weighted by Crippen LogP contribution is -2.17. The van der Waals surface area contributed by atoms with Crippen molar-refractivity contribution in [3.05, 3.63) is 29.3 Å². The van der Waals surface area contributed by atoms with E-state index in [2.05, 4.69) is 4.74 Å². The summed E-state index contributed by atoms with van der Waals surface area (Å²) < 4.78 is 9.97. The fourth-order valence-electron chi connectivity index (χ4n) is 2.06. The van der Waals surface area contributed by atoms with E-state index in [1.165, 1.54) is 7.11 Å². The van der Waals surface area contributed by atoms with Gasteiger partial charge in [-0.3, -0.25) is 9.59 Å². The van der Waals surface area contributed by atoms with Crippen molar-refractivity contribution in [1.29, 1.82) is 0 Å². The number of rotatable bonds is 5. The van der Waals surface area contributed by atoms with Gasteiger partial charge in [0.2, 0.25) is 0 Å². The summed E-state index contributed by atoms with van der Waals surface area (Å²) in [6.45, 7) is -0.0414. The molecule has 19 heavy (non-hydrogen) atoms. The minimum atomic E-state index is -0.391. The van der Waals surface area contributed by atoms with Crippen LogP contribution in [-0.4, -0.2) is 36.7 Å². The summed E-state index contributed by atoms with van der Waals surface area (Å²) in [5, 5.41) is 9.05.